The maximum atomic E-state index is 12.3. The molecule has 5 heteroatoms. The van der Waals surface area contributed by atoms with E-state index in [4.69, 9.17) is 9.47 Å². The van der Waals surface area contributed by atoms with Crippen LogP contribution in [0, 0.1) is 0 Å². The highest BCUT2D eigenvalue weighted by Gasteiger charge is 2.23. The summed E-state index contributed by atoms with van der Waals surface area (Å²) < 4.78 is 10.7. The number of allylic oxidation sites excluding steroid dienone is 1. The van der Waals surface area contributed by atoms with Crippen molar-refractivity contribution >= 4 is 27.9 Å². The number of hydrogen-bond acceptors (Lipinski definition) is 4. The summed E-state index contributed by atoms with van der Waals surface area (Å²) in [4.78, 5) is 24.5. The average molecular weight is 403 g/mol. The molecular weight excluding hydrogens is 384 g/mol. The Kier molecular flexibility index (Phi) is 6.53. The molecule has 25 heavy (non-hydrogen) atoms. The van der Waals surface area contributed by atoms with Gasteiger partial charge in [0.05, 0.1) is 25.3 Å². The van der Waals surface area contributed by atoms with Crippen molar-refractivity contribution in [2.24, 2.45) is 0 Å². The number of ether oxygens (including phenoxy) is 2. The Hall–Kier alpha value is -2.40. The first-order valence-corrected chi connectivity index (χ1v) is 8.51. The molecule has 0 unspecified atom stereocenters. The molecule has 2 aromatic rings. The second-order valence-corrected chi connectivity index (χ2v) is 6.29. The van der Waals surface area contributed by atoms with Crippen molar-refractivity contribution in [1.29, 1.82) is 0 Å². The number of carbonyl (C=O) groups excluding carboxylic acids is 2. The van der Waals surface area contributed by atoms with Gasteiger partial charge in [-0.2, -0.15) is 0 Å². The van der Waals surface area contributed by atoms with Gasteiger partial charge in [0.25, 0.3) is 0 Å². The summed E-state index contributed by atoms with van der Waals surface area (Å²) in [5.41, 5.74) is 2.95. The second-order valence-electron chi connectivity index (χ2n) is 5.38. The zero-order valence-corrected chi connectivity index (χ0v) is 15.8. The summed E-state index contributed by atoms with van der Waals surface area (Å²) in [6, 6.07) is 11.3. The van der Waals surface area contributed by atoms with Crippen LogP contribution in [-0.2, 0) is 15.9 Å². The number of rotatable bonds is 6. The van der Waals surface area contributed by atoms with E-state index >= 15 is 0 Å². The van der Waals surface area contributed by atoms with Crippen LogP contribution in [0.1, 0.15) is 32.7 Å². The number of halogens is 1. The number of aryl methyl sites for hydroxylation is 1. The van der Waals surface area contributed by atoms with Gasteiger partial charge >= 0.3 is 11.9 Å². The third-order valence-corrected chi connectivity index (χ3v) is 4.34. The van der Waals surface area contributed by atoms with Crippen LogP contribution in [0.2, 0.25) is 0 Å². The molecule has 2 aromatic carbocycles. The quantitative estimate of drug-likeness (QED) is 0.513. The van der Waals surface area contributed by atoms with Gasteiger partial charge in [-0.25, -0.2) is 9.59 Å². The van der Waals surface area contributed by atoms with Crippen molar-refractivity contribution in [2.45, 2.75) is 12.8 Å². The van der Waals surface area contributed by atoms with Gasteiger partial charge in [0, 0.05) is 4.47 Å². The Morgan fingerprint density at radius 2 is 1.68 bits per heavy atom. The molecule has 0 saturated heterocycles. The number of methoxy groups -OCH3 is 2. The van der Waals surface area contributed by atoms with Crippen molar-refractivity contribution in [2.75, 3.05) is 14.2 Å². The normalized spacial score (nSPS) is 10.2. The van der Waals surface area contributed by atoms with Crippen LogP contribution in [0.15, 0.2) is 53.5 Å². The van der Waals surface area contributed by atoms with Crippen LogP contribution >= 0.6 is 15.9 Å². The zero-order chi connectivity index (χ0) is 18.4. The van der Waals surface area contributed by atoms with Crippen molar-refractivity contribution in [1.82, 2.24) is 0 Å². The highest BCUT2D eigenvalue weighted by molar-refractivity contribution is 9.10. The van der Waals surface area contributed by atoms with Gasteiger partial charge in [0.15, 0.2) is 0 Å². The standard InChI is InChI=1S/C20H19BrO4/c1-4-5-6-14-11-15(13-7-9-16(21)10-8-13)12-17(19(22)24-2)18(14)20(23)25-3/h4,7-12H,1,5-6H2,2-3H3. The monoisotopic (exact) mass is 402 g/mol. The number of carbonyl (C=O) groups is 2. The average Bonchev–Trinajstić information content (AvgIpc) is 2.64. The first-order chi connectivity index (χ1) is 12.0. The van der Waals surface area contributed by atoms with Gasteiger partial charge in [-0.05, 0) is 47.7 Å². The molecule has 0 aliphatic heterocycles. The lowest BCUT2D eigenvalue weighted by atomic mass is 9.92. The van der Waals surface area contributed by atoms with E-state index in [9.17, 15) is 9.59 Å². The molecule has 0 spiro atoms. The van der Waals surface area contributed by atoms with Crippen molar-refractivity contribution in [3.05, 3.63) is 70.2 Å². The van der Waals surface area contributed by atoms with E-state index in [2.05, 4.69) is 22.5 Å². The molecule has 4 nitrogen and oxygen atoms in total. The predicted molar refractivity (Wildman–Crippen MR) is 101 cm³/mol. The van der Waals surface area contributed by atoms with Crippen LogP contribution in [0.4, 0.5) is 0 Å². The van der Waals surface area contributed by atoms with Crippen LogP contribution in [0.5, 0.6) is 0 Å². The highest BCUT2D eigenvalue weighted by Crippen LogP contribution is 2.29. The predicted octanol–water partition coefficient (Wildman–Crippen LogP) is 4.81. The topological polar surface area (TPSA) is 52.6 Å². The first kappa shape index (κ1) is 18.9. The molecule has 130 valence electrons. The molecule has 0 saturated carbocycles. The maximum absolute atomic E-state index is 12.3. The van der Waals surface area contributed by atoms with Gasteiger partial charge in [-0.1, -0.05) is 40.2 Å². The van der Waals surface area contributed by atoms with Crippen molar-refractivity contribution < 1.29 is 19.1 Å². The fourth-order valence-electron chi connectivity index (χ4n) is 2.58. The minimum absolute atomic E-state index is 0.203. The molecule has 0 radical (unpaired) electrons. The van der Waals surface area contributed by atoms with Crippen molar-refractivity contribution in [3.63, 3.8) is 0 Å². The third-order valence-electron chi connectivity index (χ3n) is 3.81. The Morgan fingerprint density at radius 3 is 2.24 bits per heavy atom. The van der Waals surface area contributed by atoms with Gasteiger partial charge in [0.1, 0.15) is 0 Å². The second kappa shape index (κ2) is 8.62. The molecule has 2 rings (SSSR count). The lowest BCUT2D eigenvalue weighted by Crippen LogP contribution is -2.15. The fraction of sp³-hybridized carbons (Fsp3) is 0.200. The Balaban J connectivity index is 2.70. The molecule has 0 aliphatic carbocycles. The van der Waals surface area contributed by atoms with E-state index in [-0.39, 0.29) is 11.1 Å². The van der Waals surface area contributed by atoms with Crippen LogP contribution in [0.25, 0.3) is 11.1 Å². The van der Waals surface area contributed by atoms with E-state index in [0.29, 0.717) is 12.8 Å². The molecule has 0 atom stereocenters. The SMILES string of the molecule is C=CCCc1cc(-c2ccc(Br)cc2)cc(C(=O)OC)c1C(=O)OC. The summed E-state index contributed by atoms with van der Waals surface area (Å²) >= 11 is 3.41. The van der Waals surface area contributed by atoms with Gasteiger partial charge in [-0.3, -0.25) is 0 Å². The largest absolute Gasteiger partial charge is 0.465 e. The smallest absolute Gasteiger partial charge is 0.339 e. The van der Waals surface area contributed by atoms with E-state index in [1.54, 1.807) is 12.1 Å². The molecular formula is C20H19BrO4. The lowest BCUT2D eigenvalue weighted by Gasteiger charge is -2.15. The van der Waals surface area contributed by atoms with Crippen molar-refractivity contribution in [3.8, 4) is 11.1 Å². The zero-order valence-electron chi connectivity index (χ0n) is 14.2. The Morgan fingerprint density at radius 1 is 1.04 bits per heavy atom. The molecule has 0 heterocycles. The summed E-state index contributed by atoms with van der Waals surface area (Å²) in [6.45, 7) is 3.72. The Bertz CT molecular complexity index is 794. The van der Waals surface area contributed by atoms with Gasteiger partial charge in [0.2, 0.25) is 0 Å². The van der Waals surface area contributed by atoms with E-state index < -0.39 is 11.9 Å². The number of hydrogen-bond donors (Lipinski definition) is 0. The van der Waals surface area contributed by atoms with Gasteiger partial charge < -0.3 is 9.47 Å². The Labute approximate surface area is 155 Å². The van der Waals surface area contributed by atoms with E-state index in [0.717, 1.165) is 21.2 Å². The van der Waals surface area contributed by atoms with Gasteiger partial charge in [-0.15, -0.1) is 6.58 Å². The molecule has 0 N–H and O–H groups in total. The van der Waals surface area contributed by atoms with E-state index in [1.165, 1.54) is 14.2 Å². The molecule has 0 amide bonds. The summed E-state index contributed by atoms with van der Waals surface area (Å²) in [7, 11) is 2.59. The molecule has 0 aromatic heterocycles. The molecule has 0 fully saturated rings. The highest BCUT2D eigenvalue weighted by atomic mass is 79.9. The number of esters is 2. The van der Waals surface area contributed by atoms with E-state index in [1.807, 2.05) is 30.3 Å². The third kappa shape index (κ3) is 4.37. The first-order valence-electron chi connectivity index (χ1n) is 7.72. The maximum Gasteiger partial charge on any atom is 0.339 e. The summed E-state index contributed by atoms with van der Waals surface area (Å²) in [5, 5.41) is 0. The number of benzene rings is 2. The van der Waals surface area contributed by atoms with Crippen LogP contribution in [0.3, 0.4) is 0 Å². The lowest BCUT2D eigenvalue weighted by molar-refractivity contribution is 0.0554. The summed E-state index contributed by atoms with van der Waals surface area (Å²) in [5.74, 6) is -1.12. The minimum Gasteiger partial charge on any atom is -0.465 e. The minimum atomic E-state index is -0.570. The van der Waals surface area contributed by atoms with Crippen LogP contribution < -0.4 is 0 Å². The molecule has 0 aliphatic rings. The fourth-order valence-corrected chi connectivity index (χ4v) is 2.84. The molecule has 0 bridgehead atoms. The summed E-state index contributed by atoms with van der Waals surface area (Å²) in [6.07, 6.45) is 3.02. The van der Waals surface area contributed by atoms with Crippen LogP contribution in [-0.4, -0.2) is 26.2 Å².